The summed E-state index contributed by atoms with van der Waals surface area (Å²) in [5.74, 6) is 0.734. The summed E-state index contributed by atoms with van der Waals surface area (Å²) < 4.78 is 40.0. The molecule has 35 heavy (non-hydrogen) atoms. The van der Waals surface area contributed by atoms with E-state index in [4.69, 9.17) is 9.47 Å². The van der Waals surface area contributed by atoms with Gasteiger partial charge in [0.25, 0.3) is 15.9 Å². The zero-order valence-corrected chi connectivity index (χ0v) is 21.2. The zero-order valence-electron chi connectivity index (χ0n) is 20.4. The molecule has 1 amide bonds. The lowest BCUT2D eigenvalue weighted by molar-refractivity contribution is -0.127. The molecule has 184 valence electrons. The Labute approximate surface area is 206 Å². The van der Waals surface area contributed by atoms with E-state index in [1.54, 1.807) is 36.4 Å². The molecule has 3 aromatic rings. The third-order valence-electron chi connectivity index (χ3n) is 6.10. The Balaban J connectivity index is 1.49. The van der Waals surface area contributed by atoms with Crippen LogP contribution in [0.5, 0.6) is 11.5 Å². The summed E-state index contributed by atoms with van der Waals surface area (Å²) in [4.78, 5) is 13.1. The number of carbonyl (C=O) groups is 1. The first-order chi connectivity index (χ1) is 16.7. The van der Waals surface area contributed by atoms with Gasteiger partial charge in [0.05, 0.1) is 23.7 Å². The molecule has 7 nitrogen and oxygen atoms in total. The molecular formula is C27H30N2O5S. The Bertz CT molecular complexity index is 1340. The summed E-state index contributed by atoms with van der Waals surface area (Å²) >= 11 is 0. The third-order valence-corrected chi connectivity index (χ3v) is 7.89. The van der Waals surface area contributed by atoms with Crippen molar-refractivity contribution >= 4 is 21.6 Å². The summed E-state index contributed by atoms with van der Waals surface area (Å²) in [6, 6.07) is 17.8. The minimum atomic E-state index is -3.89. The van der Waals surface area contributed by atoms with Gasteiger partial charge in [-0.2, -0.15) is 0 Å². The maximum absolute atomic E-state index is 13.5. The summed E-state index contributed by atoms with van der Waals surface area (Å²) in [6.07, 6.45) is -0.995. The Morgan fingerprint density at radius 1 is 1.03 bits per heavy atom. The van der Waals surface area contributed by atoms with Crippen LogP contribution in [0.25, 0.3) is 0 Å². The van der Waals surface area contributed by atoms with E-state index in [1.807, 2.05) is 52.0 Å². The molecule has 0 unspecified atom stereocenters. The minimum absolute atomic E-state index is 0.129. The van der Waals surface area contributed by atoms with Gasteiger partial charge in [0.2, 0.25) is 0 Å². The maximum atomic E-state index is 13.5. The molecule has 0 radical (unpaired) electrons. The van der Waals surface area contributed by atoms with Crippen LogP contribution in [0, 0.1) is 27.7 Å². The fourth-order valence-electron chi connectivity index (χ4n) is 3.89. The van der Waals surface area contributed by atoms with E-state index in [2.05, 4.69) is 5.32 Å². The highest BCUT2D eigenvalue weighted by Crippen LogP contribution is 2.37. The second-order valence-corrected chi connectivity index (χ2v) is 10.6. The average Bonchev–Trinajstić information content (AvgIpc) is 2.83. The number of rotatable bonds is 7. The smallest absolute Gasteiger partial charge is 0.264 e. The Morgan fingerprint density at radius 3 is 2.49 bits per heavy atom. The highest BCUT2D eigenvalue weighted by atomic mass is 32.2. The number of anilines is 1. The molecule has 1 atom stereocenters. The predicted octanol–water partition coefficient (Wildman–Crippen LogP) is 4.07. The van der Waals surface area contributed by atoms with Crippen LogP contribution in [0.15, 0.2) is 65.6 Å². The lowest BCUT2D eigenvalue weighted by Gasteiger charge is -2.35. The van der Waals surface area contributed by atoms with E-state index in [0.29, 0.717) is 11.4 Å². The van der Waals surface area contributed by atoms with Crippen LogP contribution in [0.4, 0.5) is 5.69 Å². The molecule has 0 bridgehead atoms. The van der Waals surface area contributed by atoms with Crippen LogP contribution in [0.3, 0.4) is 0 Å². The number of aryl methyl sites for hydroxylation is 3. The van der Waals surface area contributed by atoms with Crippen molar-refractivity contribution in [2.45, 2.75) is 38.7 Å². The van der Waals surface area contributed by atoms with E-state index >= 15 is 0 Å². The molecule has 0 saturated carbocycles. The van der Waals surface area contributed by atoms with Gasteiger partial charge in [-0.25, -0.2) is 8.42 Å². The third kappa shape index (κ3) is 5.27. The van der Waals surface area contributed by atoms with Gasteiger partial charge in [-0.15, -0.1) is 0 Å². The number of benzene rings is 3. The molecule has 4 rings (SSSR count). The van der Waals surface area contributed by atoms with Gasteiger partial charge in [-0.1, -0.05) is 35.9 Å². The van der Waals surface area contributed by atoms with Crippen molar-refractivity contribution in [3.8, 4) is 11.5 Å². The van der Waals surface area contributed by atoms with E-state index in [9.17, 15) is 13.2 Å². The molecule has 3 aromatic carbocycles. The number of nitrogens with one attached hydrogen (secondary N) is 1. The van der Waals surface area contributed by atoms with Crippen molar-refractivity contribution in [1.82, 2.24) is 5.32 Å². The molecule has 1 N–H and O–H groups in total. The van der Waals surface area contributed by atoms with Crippen LogP contribution in [-0.4, -0.2) is 40.1 Å². The van der Waals surface area contributed by atoms with Gasteiger partial charge < -0.3 is 14.8 Å². The lowest BCUT2D eigenvalue weighted by atomic mass is 10.1. The van der Waals surface area contributed by atoms with Crippen LogP contribution in [-0.2, 0) is 14.8 Å². The van der Waals surface area contributed by atoms with Crippen molar-refractivity contribution in [1.29, 1.82) is 0 Å². The summed E-state index contributed by atoms with van der Waals surface area (Å²) in [5, 5.41) is 2.81. The number of fused-ring (bicyclic) bond motifs is 1. The van der Waals surface area contributed by atoms with Gasteiger partial charge in [0.15, 0.2) is 6.10 Å². The zero-order chi connectivity index (χ0) is 25.2. The molecule has 1 aliphatic heterocycles. The number of amides is 1. The van der Waals surface area contributed by atoms with Crippen LogP contribution in [0.2, 0.25) is 0 Å². The highest BCUT2D eigenvalue weighted by molar-refractivity contribution is 7.92. The van der Waals surface area contributed by atoms with Gasteiger partial charge in [-0.05, 0) is 74.7 Å². The van der Waals surface area contributed by atoms with Gasteiger partial charge in [0, 0.05) is 0 Å². The molecule has 0 spiro atoms. The first-order valence-electron chi connectivity index (χ1n) is 11.5. The molecule has 1 heterocycles. The van der Waals surface area contributed by atoms with Gasteiger partial charge >= 0.3 is 0 Å². The summed E-state index contributed by atoms with van der Waals surface area (Å²) in [6.45, 7) is 8.20. The largest absolute Gasteiger partial charge is 0.491 e. The van der Waals surface area contributed by atoms with Crippen LogP contribution < -0.4 is 19.1 Å². The molecular weight excluding hydrogens is 464 g/mol. The molecule has 0 fully saturated rings. The Kier molecular flexibility index (Phi) is 7.03. The molecule has 0 saturated heterocycles. The molecule has 1 aliphatic rings. The van der Waals surface area contributed by atoms with Crippen molar-refractivity contribution in [2.24, 2.45) is 0 Å². The summed E-state index contributed by atoms with van der Waals surface area (Å²) in [7, 11) is -3.89. The van der Waals surface area contributed by atoms with E-state index in [0.717, 1.165) is 28.0 Å². The number of hydrogen-bond donors (Lipinski definition) is 1. The highest BCUT2D eigenvalue weighted by Gasteiger charge is 2.37. The van der Waals surface area contributed by atoms with Crippen molar-refractivity contribution in [2.75, 3.05) is 24.0 Å². The first kappa shape index (κ1) is 24.6. The quantitative estimate of drug-likeness (QED) is 0.501. The SMILES string of the molecule is Cc1ccc(S(=O)(=O)N2C[C@@H](C(=O)NCCOc3cccc(C)c3C)Oc3cc(C)ccc32)cc1. The minimum Gasteiger partial charge on any atom is -0.491 e. The molecule has 8 heteroatoms. The number of ether oxygens (including phenoxy) is 2. The number of nitrogens with zero attached hydrogens (tertiary/aromatic N) is 1. The van der Waals surface area contributed by atoms with Crippen LogP contribution in [0.1, 0.15) is 22.3 Å². The number of sulfonamides is 1. The van der Waals surface area contributed by atoms with Gasteiger partial charge in [-0.3, -0.25) is 9.10 Å². The van der Waals surface area contributed by atoms with Crippen molar-refractivity contribution < 1.29 is 22.7 Å². The van der Waals surface area contributed by atoms with Crippen LogP contribution >= 0.6 is 0 Å². The van der Waals surface area contributed by atoms with E-state index in [1.165, 1.54) is 4.31 Å². The fourth-order valence-corrected chi connectivity index (χ4v) is 5.37. The fraction of sp³-hybridized carbons (Fsp3) is 0.296. The lowest BCUT2D eigenvalue weighted by Crippen LogP contribution is -2.51. The Morgan fingerprint density at radius 2 is 1.74 bits per heavy atom. The molecule has 0 aromatic heterocycles. The van der Waals surface area contributed by atoms with Crippen molar-refractivity contribution in [3.05, 3.63) is 82.9 Å². The topological polar surface area (TPSA) is 84.9 Å². The number of hydrogen-bond acceptors (Lipinski definition) is 5. The van der Waals surface area contributed by atoms with Crippen molar-refractivity contribution in [3.63, 3.8) is 0 Å². The number of carbonyl (C=O) groups excluding carboxylic acids is 1. The average molecular weight is 495 g/mol. The Hall–Kier alpha value is -3.52. The summed E-state index contributed by atoms with van der Waals surface area (Å²) in [5.41, 5.74) is 4.46. The monoisotopic (exact) mass is 494 g/mol. The normalized spacial score (nSPS) is 15.2. The second-order valence-electron chi connectivity index (χ2n) is 8.76. The molecule has 0 aliphatic carbocycles. The predicted molar refractivity (Wildman–Crippen MR) is 136 cm³/mol. The van der Waals surface area contributed by atoms with Gasteiger partial charge in [0.1, 0.15) is 18.1 Å². The maximum Gasteiger partial charge on any atom is 0.264 e. The standard InChI is InChI=1S/C27H30N2O5S/c1-18-8-11-22(12-9-18)35(31,32)29-17-26(34-25-16-19(2)10-13-23(25)29)27(30)28-14-15-33-24-7-5-6-20(3)21(24)4/h5-13,16,26H,14-15,17H2,1-4H3,(H,28,30)/t26-/m0/s1. The second kappa shape index (κ2) is 10.00. The van der Waals surface area contributed by atoms with E-state index < -0.39 is 22.0 Å². The van der Waals surface area contributed by atoms with E-state index in [-0.39, 0.29) is 24.6 Å². The first-order valence-corrected chi connectivity index (χ1v) is 12.9.